The van der Waals surface area contributed by atoms with Crippen molar-refractivity contribution in [2.24, 2.45) is 0 Å². The Morgan fingerprint density at radius 2 is 1.94 bits per heavy atom. The highest BCUT2D eigenvalue weighted by molar-refractivity contribution is 7.19. The summed E-state index contributed by atoms with van der Waals surface area (Å²) in [6.07, 6.45) is 4.34. The Balaban J connectivity index is 1.28. The molecule has 11 heteroatoms. The number of benzene rings is 1. The molecule has 0 bridgehead atoms. The van der Waals surface area contributed by atoms with E-state index in [0.717, 1.165) is 36.9 Å². The summed E-state index contributed by atoms with van der Waals surface area (Å²) in [7, 11) is 0. The van der Waals surface area contributed by atoms with E-state index in [-0.39, 0.29) is 29.9 Å². The molecular weight excluding hydrogens is 502 g/mol. The van der Waals surface area contributed by atoms with Crippen LogP contribution >= 0.6 is 22.9 Å². The van der Waals surface area contributed by atoms with Crippen LogP contribution in [0.15, 0.2) is 40.9 Å². The molecule has 1 saturated carbocycles. The van der Waals surface area contributed by atoms with Gasteiger partial charge in [0, 0.05) is 31.2 Å². The lowest BCUT2D eigenvalue weighted by Gasteiger charge is -2.32. The standard InChI is InChI=1S/C25H24ClN5O4S/c26-22-6-5-21(36-22)20-12-16(29-35-20)13-31-19-4-1-14(25(33)34)11-18(19)28-23(31)24(32)27-15-7-9-30(10-8-15)17-2-3-17/h1,4-6,11-12,15,17H,2-3,7-10,13H2,(H,27,32)(H,33,34)/p-1. The van der Waals surface area contributed by atoms with Gasteiger partial charge in [-0.05, 0) is 55.5 Å². The molecule has 1 aromatic carbocycles. The molecule has 2 fully saturated rings. The molecular formula is C25H23ClN5O4S-. The van der Waals surface area contributed by atoms with Crippen molar-refractivity contribution in [2.45, 2.75) is 44.3 Å². The molecule has 36 heavy (non-hydrogen) atoms. The van der Waals surface area contributed by atoms with Crippen molar-refractivity contribution < 1.29 is 19.2 Å². The number of likely N-dealkylation sites (tertiary alicyclic amines) is 1. The Morgan fingerprint density at radius 3 is 2.64 bits per heavy atom. The van der Waals surface area contributed by atoms with Gasteiger partial charge in [0.1, 0.15) is 5.69 Å². The van der Waals surface area contributed by atoms with Gasteiger partial charge in [-0.15, -0.1) is 11.3 Å². The number of amides is 1. The Bertz CT molecular complexity index is 1450. The number of carboxylic acid groups (broad SMARTS) is 1. The predicted molar refractivity (Wildman–Crippen MR) is 133 cm³/mol. The average Bonchev–Trinajstić information content (AvgIpc) is 3.28. The third-order valence-corrected chi connectivity index (χ3v) is 8.06. The molecule has 186 valence electrons. The molecule has 2 aliphatic rings. The van der Waals surface area contributed by atoms with Gasteiger partial charge >= 0.3 is 0 Å². The van der Waals surface area contributed by atoms with Crippen LogP contribution in [-0.2, 0) is 6.54 Å². The highest BCUT2D eigenvalue weighted by Crippen LogP contribution is 2.32. The zero-order valence-corrected chi connectivity index (χ0v) is 20.8. The number of nitrogens with one attached hydrogen (secondary N) is 1. The molecule has 1 amide bonds. The van der Waals surface area contributed by atoms with Crippen molar-refractivity contribution in [3.05, 3.63) is 57.8 Å². The van der Waals surface area contributed by atoms with Crippen molar-refractivity contribution in [1.29, 1.82) is 0 Å². The van der Waals surface area contributed by atoms with E-state index in [0.29, 0.717) is 26.8 Å². The number of hydrogen-bond donors (Lipinski definition) is 1. The number of carbonyl (C=O) groups is 2. The molecule has 3 aromatic heterocycles. The minimum Gasteiger partial charge on any atom is -0.545 e. The Morgan fingerprint density at radius 1 is 1.14 bits per heavy atom. The maximum atomic E-state index is 13.4. The molecule has 1 saturated heterocycles. The highest BCUT2D eigenvalue weighted by Gasteiger charge is 2.32. The van der Waals surface area contributed by atoms with Crippen LogP contribution in [-0.4, -0.2) is 56.7 Å². The lowest BCUT2D eigenvalue weighted by molar-refractivity contribution is -0.255. The zero-order valence-electron chi connectivity index (χ0n) is 19.3. The number of nitrogens with zero attached hydrogens (tertiary/aromatic N) is 4. The van der Waals surface area contributed by atoms with Gasteiger partial charge in [0.25, 0.3) is 5.91 Å². The number of aromatic nitrogens is 3. The van der Waals surface area contributed by atoms with Gasteiger partial charge in [0.15, 0.2) is 11.6 Å². The Hall–Kier alpha value is -3.21. The second kappa shape index (κ2) is 9.34. The number of rotatable bonds is 7. The van der Waals surface area contributed by atoms with Gasteiger partial charge in [-0.25, -0.2) is 4.98 Å². The molecule has 6 rings (SSSR count). The van der Waals surface area contributed by atoms with Crippen molar-refractivity contribution in [2.75, 3.05) is 13.1 Å². The fourth-order valence-electron chi connectivity index (χ4n) is 4.80. The van der Waals surface area contributed by atoms with Gasteiger partial charge in [0.2, 0.25) is 0 Å². The van der Waals surface area contributed by atoms with E-state index in [2.05, 4.69) is 20.4 Å². The van der Waals surface area contributed by atoms with Crippen LogP contribution in [0, 0.1) is 0 Å². The number of aromatic carboxylic acids is 1. The molecule has 4 aromatic rings. The first-order valence-corrected chi connectivity index (χ1v) is 13.1. The van der Waals surface area contributed by atoms with Gasteiger partial charge in [0.05, 0.1) is 32.8 Å². The van der Waals surface area contributed by atoms with Gasteiger partial charge in [-0.3, -0.25) is 4.79 Å². The van der Waals surface area contributed by atoms with Gasteiger partial charge in [-0.2, -0.15) is 0 Å². The minimum atomic E-state index is -1.30. The normalized spacial score (nSPS) is 17.0. The summed E-state index contributed by atoms with van der Waals surface area (Å²) in [5, 5.41) is 18.7. The van der Waals surface area contributed by atoms with Crippen LogP contribution in [0.3, 0.4) is 0 Å². The second-order valence-corrected chi connectivity index (χ2v) is 11.0. The number of carboxylic acids is 1. The molecule has 1 N–H and O–H groups in total. The lowest BCUT2D eigenvalue weighted by atomic mass is 10.0. The van der Waals surface area contributed by atoms with E-state index in [1.807, 2.05) is 6.07 Å². The number of hydrogen-bond acceptors (Lipinski definition) is 8. The number of carbonyl (C=O) groups excluding carboxylic acids is 2. The fraction of sp³-hybridized carbons (Fsp3) is 0.360. The summed E-state index contributed by atoms with van der Waals surface area (Å²) in [5.41, 5.74) is 1.63. The molecule has 0 unspecified atom stereocenters. The first kappa shape index (κ1) is 23.2. The topological polar surface area (TPSA) is 116 Å². The molecule has 1 aliphatic heterocycles. The maximum absolute atomic E-state index is 13.4. The van der Waals surface area contributed by atoms with E-state index in [9.17, 15) is 14.7 Å². The summed E-state index contributed by atoms with van der Waals surface area (Å²) >= 11 is 7.43. The monoisotopic (exact) mass is 524 g/mol. The molecule has 0 atom stereocenters. The summed E-state index contributed by atoms with van der Waals surface area (Å²) in [6, 6.07) is 10.8. The molecule has 1 aliphatic carbocycles. The van der Waals surface area contributed by atoms with Crippen LogP contribution in [0.4, 0.5) is 0 Å². The van der Waals surface area contributed by atoms with E-state index < -0.39 is 5.97 Å². The van der Waals surface area contributed by atoms with Crippen LogP contribution in [0.1, 0.15) is 52.4 Å². The summed E-state index contributed by atoms with van der Waals surface area (Å²) in [4.78, 5) is 32.6. The van der Waals surface area contributed by atoms with Gasteiger partial charge < -0.3 is 29.2 Å². The van der Waals surface area contributed by atoms with E-state index in [1.54, 1.807) is 22.8 Å². The molecule has 0 spiro atoms. The number of thiophene rings is 1. The van der Waals surface area contributed by atoms with E-state index in [4.69, 9.17) is 16.1 Å². The SMILES string of the molecule is O=C([O-])c1ccc2c(c1)nc(C(=O)NC1CCN(C3CC3)CC1)n2Cc1cc(-c2ccc(Cl)s2)on1. The van der Waals surface area contributed by atoms with Crippen LogP contribution in [0.25, 0.3) is 21.7 Å². The molecule has 0 radical (unpaired) electrons. The first-order valence-electron chi connectivity index (χ1n) is 11.9. The first-order chi connectivity index (χ1) is 17.4. The van der Waals surface area contributed by atoms with Crippen molar-refractivity contribution >= 4 is 45.8 Å². The summed E-state index contributed by atoms with van der Waals surface area (Å²) < 4.78 is 7.90. The van der Waals surface area contributed by atoms with Crippen molar-refractivity contribution in [3.63, 3.8) is 0 Å². The molecule has 9 nitrogen and oxygen atoms in total. The average molecular weight is 525 g/mol. The summed E-state index contributed by atoms with van der Waals surface area (Å²) in [5.74, 6) is -0.803. The number of imidazole rings is 1. The second-order valence-electron chi connectivity index (χ2n) is 9.31. The van der Waals surface area contributed by atoms with Gasteiger partial charge in [-0.1, -0.05) is 22.8 Å². The van der Waals surface area contributed by atoms with E-state index >= 15 is 0 Å². The molecule has 4 heterocycles. The number of halogens is 1. The third-order valence-electron chi connectivity index (χ3n) is 6.81. The quantitative estimate of drug-likeness (QED) is 0.394. The fourth-order valence-corrected chi connectivity index (χ4v) is 5.79. The largest absolute Gasteiger partial charge is 0.545 e. The van der Waals surface area contributed by atoms with E-state index in [1.165, 1.54) is 36.3 Å². The maximum Gasteiger partial charge on any atom is 0.287 e. The number of fused-ring (bicyclic) bond motifs is 1. The Labute approximate surface area is 215 Å². The Kier molecular flexibility index (Phi) is 6.02. The third kappa shape index (κ3) is 4.63. The van der Waals surface area contributed by atoms with Crippen LogP contribution in [0.2, 0.25) is 4.34 Å². The summed E-state index contributed by atoms with van der Waals surface area (Å²) in [6.45, 7) is 2.19. The predicted octanol–water partition coefficient (Wildman–Crippen LogP) is 3.17. The highest BCUT2D eigenvalue weighted by atomic mass is 35.5. The lowest BCUT2D eigenvalue weighted by Crippen LogP contribution is -2.45. The zero-order chi connectivity index (χ0) is 24.8. The van der Waals surface area contributed by atoms with Crippen LogP contribution < -0.4 is 10.4 Å². The minimum absolute atomic E-state index is 0.00449. The van der Waals surface area contributed by atoms with Crippen molar-refractivity contribution in [3.8, 4) is 10.6 Å². The van der Waals surface area contributed by atoms with Crippen LogP contribution in [0.5, 0.6) is 0 Å². The smallest absolute Gasteiger partial charge is 0.287 e. The van der Waals surface area contributed by atoms with Crippen molar-refractivity contribution in [1.82, 2.24) is 24.9 Å². The number of piperidine rings is 1.